The Kier molecular flexibility index (Phi) is 2.86. The van der Waals surface area contributed by atoms with Crippen molar-refractivity contribution in [1.29, 1.82) is 0 Å². The van der Waals surface area contributed by atoms with Crippen LogP contribution in [0.1, 0.15) is 11.1 Å². The molecule has 2 heteroatoms. The van der Waals surface area contributed by atoms with Crippen molar-refractivity contribution >= 4 is 0 Å². The predicted octanol–water partition coefficient (Wildman–Crippen LogP) is 2.26. The maximum absolute atomic E-state index is 5.46. The molecule has 1 heterocycles. The monoisotopic (exact) mass is 163 g/mol. The van der Waals surface area contributed by atoms with Crippen molar-refractivity contribution in [2.24, 2.45) is 0 Å². The van der Waals surface area contributed by atoms with E-state index in [1.165, 1.54) is 0 Å². The third-order valence-corrected chi connectivity index (χ3v) is 1.60. The Hall–Kier alpha value is -1.31. The van der Waals surface area contributed by atoms with Crippen LogP contribution >= 0.6 is 0 Å². The fourth-order valence-corrected chi connectivity index (χ4v) is 1.06. The minimum atomic E-state index is 0.547. The molecule has 1 aromatic rings. The molecule has 0 saturated heterocycles. The maximum Gasteiger partial charge on any atom is 0.128 e. The van der Waals surface area contributed by atoms with E-state index in [2.05, 4.69) is 11.6 Å². The zero-order chi connectivity index (χ0) is 8.97. The standard InChI is InChI=1S/C10H13NO/c1-4-5-12-10-8(2)6-11-7-9(10)3/h4,6-7H,1,5H2,2-3H3. The van der Waals surface area contributed by atoms with Gasteiger partial charge in [-0.2, -0.15) is 0 Å². The van der Waals surface area contributed by atoms with Gasteiger partial charge in [0, 0.05) is 23.5 Å². The Labute approximate surface area is 72.9 Å². The van der Waals surface area contributed by atoms with Gasteiger partial charge in [0.1, 0.15) is 12.4 Å². The van der Waals surface area contributed by atoms with E-state index in [-0.39, 0.29) is 0 Å². The van der Waals surface area contributed by atoms with Crippen molar-refractivity contribution < 1.29 is 4.74 Å². The van der Waals surface area contributed by atoms with Gasteiger partial charge < -0.3 is 4.74 Å². The van der Waals surface area contributed by atoms with Gasteiger partial charge in [0.05, 0.1) is 0 Å². The molecule has 0 fully saturated rings. The molecule has 0 amide bonds. The van der Waals surface area contributed by atoms with Crippen LogP contribution in [0.5, 0.6) is 5.75 Å². The Balaban J connectivity index is 2.88. The third kappa shape index (κ3) is 1.84. The van der Waals surface area contributed by atoms with Crippen molar-refractivity contribution in [3.8, 4) is 5.75 Å². The summed E-state index contributed by atoms with van der Waals surface area (Å²) in [6, 6.07) is 0. The van der Waals surface area contributed by atoms with Crippen LogP contribution in [-0.2, 0) is 0 Å². The second-order valence-electron chi connectivity index (χ2n) is 2.70. The molecule has 12 heavy (non-hydrogen) atoms. The van der Waals surface area contributed by atoms with Crippen LogP contribution in [0.4, 0.5) is 0 Å². The van der Waals surface area contributed by atoms with Crippen LogP contribution in [0.25, 0.3) is 0 Å². The van der Waals surface area contributed by atoms with Gasteiger partial charge in [0.2, 0.25) is 0 Å². The molecule has 2 nitrogen and oxygen atoms in total. The summed E-state index contributed by atoms with van der Waals surface area (Å²) in [5, 5.41) is 0. The fraction of sp³-hybridized carbons (Fsp3) is 0.300. The molecule has 0 N–H and O–H groups in total. The zero-order valence-electron chi connectivity index (χ0n) is 7.50. The molecule has 0 saturated carbocycles. The number of rotatable bonds is 3. The molecule has 0 radical (unpaired) electrons. The van der Waals surface area contributed by atoms with E-state index in [4.69, 9.17) is 4.74 Å². The van der Waals surface area contributed by atoms with Gasteiger partial charge in [-0.25, -0.2) is 0 Å². The van der Waals surface area contributed by atoms with Gasteiger partial charge in [-0.05, 0) is 13.8 Å². The van der Waals surface area contributed by atoms with Gasteiger partial charge in [-0.3, -0.25) is 4.98 Å². The highest BCUT2D eigenvalue weighted by Gasteiger charge is 2.01. The third-order valence-electron chi connectivity index (χ3n) is 1.60. The number of ether oxygens (including phenoxy) is 1. The zero-order valence-corrected chi connectivity index (χ0v) is 7.50. The molecule has 1 rings (SSSR count). The summed E-state index contributed by atoms with van der Waals surface area (Å²) in [7, 11) is 0. The van der Waals surface area contributed by atoms with Crippen molar-refractivity contribution in [3.05, 3.63) is 36.2 Å². The molecule has 0 bridgehead atoms. The molecule has 0 aliphatic heterocycles. The number of pyridine rings is 1. The summed E-state index contributed by atoms with van der Waals surface area (Å²) in [6.45, 7) is 8.11. The maximum atomic E-state index is 5.46. The number of aryl methyl sites for hydroxylation is 2. The first-order chi connectivity index (χ1) is 5.75. The van der Waals surface area contributed by atoms with E-state index in [1.54, 1.807) is 18.5 Å². The van der Waals surface area contributed by atoms with Crippen molar-refractivity contribution in [1.82, 2.24) is 4.98 Å². The number of hydrogen-bond acceptors (Lipinski definition) is 2. The molecular weight excluding hydrogens is 150 g/mol. The molecule has 1 aromatic heterocycles. The molecule has 0 aromatic carbocycles. The first-order valence-electron chi connectivity index (χ1n) is 3.90. The normalized spacial score (nSPS) is 9.50. The second-order valence-corrected chi connectivity index (χ2v) is 2.70. The van der Waals surface area contributed by atoms with Crippen LogP contribution in [0.15, 0.2) is 25.0 Å². The first kappa shape index (κ1) is 8.78. The molecule has 0 spiro atoms. The first-order valence-corrected chi connectivity index (χ1v) is 3.90. The average molecular weight is 163 g/mol. The Morgan fingerprint density at radius 1 is 1.42 bits per heavy atom. The quantitative estimate of drug-likeness (QED) is 0.638. The van der Waals surface area contributed by atoms with Crippen molar-refractivity contribution in [2.75, 3.05) is 6.61 Å². The molecule has 0 unspecified atom stereocenters. The van der Waals surface area contributed by atoms with Gasteiger partial charge in [0.15, 0.2) is 0 Å². The van der Waals surface area contributed by atoms with Gasteiger partial charge >= 0.3 is 0 Å². The van der Waals surface area contributed by atoms with Gasteiger partial charge in [-0.1, -0.05) is 12.7 Å². The lowest BCUT2D eigenvalue weighted by Gasteiger charge is -2.08. The molecule has 0 aliphatic carbocycles. The highest BCUT2D eigenvalue weighted by Crippen LogP contribution is 2.20. The smallest absolute Gasteiger partial charge is 0.128 e. The molecule has 64 valence electrons. The highest BCUT2D eigenvalue weighted by atomic mass is 16.5. The largest absolute Gasteiger partial charge is 0.489 e. The SMILES string of the molecule is C=CCOc1c(C)cncc1C. The predicted molar refractivity (Wildman–Crippen MR) is 49.4 cm³/mol. The van der Waals surface area contributed by atoms with Crippen molar-refractivity contribution in [3.63, 3.8) is 0 Å². The van der Waals surface area contributed by atoms with E-state index >= 15 is 0 Å². The minimum absolute atomic E-state index is 0.547. The average Bonchev–Trinajstić information content (AvgIpc) is 2.04. The number of nitrogens with zero attached hydrogens (tertiary/aromatic N) is 1. The van der Waals surface area contributed by atoms with E-state index in [0.29, 0.717) is 6.61 Å². The summed E-state index contributed by atoms with van der Waals surface area (Å²) in [5.41, 5.74) is 2.13. The summed E-state index contributed by atoms with van der Waals surface area (Å²) in [5.74, 6) is 0.921. The lowest BCUT2D eigenvalue weighted by atomic mass is 10.2. The lowest BCUT2D eigenvalue weighted by Crippen LogP contribution is -1.97. The molecular formula is C10H13NO. The lowest BCUT2D eigenvalue weighted by molar-refractivity contribution is 0.357. The second kappa shape index (κ2) is 3.90. The molecule has 0 aliphatic rings. The van der Waals surface area contributed by atoms with E-state index < -0.39 is 0 Å². The Morgan fingerprint density at radius 2 is 2.00 bits per heavy atom. The van der Waals surface area contributed by atoms with Crippen LogP contribution in [0.2, 0.25) is 0 Å². The van der Waals surface area contributed by atoms with E-state index in [0.717, 1.165) is 16.9 Å². The highest BCUT2D eigenvalue weighted by molar-refractivity contribution is 5.36. The van der Waals surface area contributed by atoms with Crippen LogP contribution < -0.4 is 4.74 Å². The summed E-state index contributed by atoms with van der Waals surface area (Å²) in [4.78, 5) is 4.05. The topological polar surface area (TPSA) is 22.1 Å². The number of hydrogen-bond donors (Lipinski definition) is 0. The van der Waals surface area contributed by atoms with Crippen LogP contribution in [0, 0.1) is 13.8 Å². The number of aromatic nitrogens is 1. The van der Waals surface area contributed by atoms with Crippen LogP contribution in [0.3, 0.4) is 0 Å². The van der Waals surface area contributed by atoms with Crippen LogP contribution in [-0.4, -0.2) is 11.6 Å². The fourth-order valence-electron chi connectivity index (χ4n) is 1.06. The Morgan fingerprint density at radius 3 is 2.50 bits per heavy atom. The van der Waals surface area contributed by atoms with E-state index in [1.807, 2.05) is 13.8 Å². The summed E-state index contributed by atoms with van der Waals surface area (Å²) < 4.78 is 5.46. The van der Waals surface area contributed by atoms with E-state index in [9.17, 15) is 0 Å². The molecule has 0 atom stereocenters. The summed E-state index contributed by atoms with van der Waals surface area (Å²) >= 11 is 0. The van der Waals surface area contributed by atoms with Gasteiger partial charge in [-0.15, -0.1) is 0 Å². The minimum Gasteiger partial charge on any atom is -0.489 e. The Bertz CT molecular complexity index is 261. The summed E-state index contributed by atoms with van der Waals surface area (Å²) in [6.07, 6.45) is 5.33. The van der Waals surface area contributed by atoms with Gasteiger partial charge in [0.25, 0.3) is 0 Å². The van der Waals surface area contributed by atoms with Crippen molar-refractivity contribution in [2.45, 2.75) is 13.8 Å².